The van der Waals surface area contributed by atoms with Crippen molar-refractivity contribution in [1.29, 1.82) is 0 Å². The first-order valence-corrected chi connectivity index (χ1v) is 10.3. The lowest BCUT2D eigenvalue weighted by Crippen LogP contribution is -2.36. The van der Waals surface area contributed by atoms with Crippen molar-refractivity contribution in [3.05, 3.63) is 78.0 Å². The maximum absolute atomic E-state index is 12.7. The van der Waals surface area contributed by atoms with Gasteiger partial charge in [-0.15, -0.1) is 0 Å². The van der Waals surface area contributed by atoms with E-state index in [4.69, 9.17) is 10.5 Å². The van der Waals surface area contributed by atoms with Crippen molar-refractivity contribution in [2.75, 3.05) is 43.5 Å². The number of benzene rings is 2. The van der Waals surface area contributed by atoms with Crippen LogP contribution in [0.5, 0.6) is 0 Å². The first-order chi connectivity index (χ1) is 15.2. The number of aliphatic hydroxyl groups is 1. The molecule has 0 bridgehead atoms. The minimum Gasteiger partial charge on any atom is -0.394 e. The molecule has 7 heteroatoms. The monoisotopic (exact) mass is 418 g/mol. The lowest BCUT2D eigenvalue weighted by Gasteiger charge is -2.29. The Morgan fingerprint density at radius 2 is 1.84 bits per heavy atom. The second-order valence-electron chi connectivity index (χ2n) is 7.42. The van der Waals surface area contributed by atoms with Gasteiger partial charge in [0, 0.05) is 24.2 Å². The van der Waals surface area contributed by atoms with Gasteiger partial charge in [-0.1, -0.05) is 42.5 Å². The van der Waals surface area contributed by atoms with Crippen LogP contribution in [0.1, 0.15) is 22.0 Å². The van der Waals surface area contributed by atoms with E-state index in [1.165, 1.54) is 0 Å². The van der Waals surface area contributed by atoms with Gasteiger partial charge < -0.3 is 25.8 Å². The fourth-order valence-electron chi connectivity index (χ4n) is 3.65. The first kappa shape index (κ1) is 20.8. The molecule has 1 aromatic heterocycles. The quantitative estimate of drug-likeness (QED) is 0.569. The highest BCUT2D eigenvalue weighted by atomic mass is 16.5. The zero-order valence-corrected chi connectivity index (χ0v) is 17.2. The van der Waals surface area contributed by atoms with Crippen molar-refractivity contribution in [2.24, 2.45) is 0 Å². The number of nitrogens with two attached hydrogens (primary N) is 1. The van der Waals surface area contributed by atoms with E-state index in [1.54, 1.807) is 18.3 Å². The van der Waals surface area contributed by atoms with Crippen molar-refractivity contribution in [3.8, 4) is 11.1 Å². The van der Waals surface area contributed by atoms with Crippen LogP contribution in [0.2, 0.25) is 0 Å². The number of aliphatic hydroxyl groups excluding tert-OH is 1. The van der Waals surface area contributed by atoms with Gasteiger partial charge in [0.1, 0.15) is 5.82 Å². The first-order valence-electron chi connectivity index (χ1n) is 10.3. The molecule has 1 fully saturated rings. The van der Waals surface area contributed by atoms with Crippen LogP contribution >= 0.6 is 0 Å². The molecule has 160 valence electrons. The summed E-state index contributed by atoms with van der Waals surface area (Å²) in [5.41, 5.74) is 10.2. The maximum Gasteiger partial charge on any atom is 0.251 e. The Balaban J connectivity index is 1.51. The average Bonchev–Trinajstić information content (AvgIpc) is 2.84. The Bertz CT molecular complexity index is 1020. The number of rotatable bonds is 6. The lowest BCUT2D eigenvalue weighted by atomic mass is 10.0. The molecule has 0 aliphatic carbocycles. The predicted octanol–water partition coefficient (Wildman–Crippen LogP) is 2.63. The summed E-state index contributed by atoms with van der Waals surface area (Å²) in [5, 5.41) is 12.6. The van der Waals surface area contributed by atoms with Gasteiger partial charge in [0.2, 0.25) is 0 Å². The smallest absolute Gasteiger partial charge is 0.251 e. The molecule has 4 rings (SSSR count). The van der Waals surface area contributed by atoms with Crippen molar-refractivity contribution in [1.82, 2.24) is 10.3 Å². The third kappa shape index (κ3) is 4.84. The zero-order valence-electron chi connectivity index (χ0n) is 17.2. The van der Waals surface area contributed by atoms with E-state index in [0.717, 1.165) is 35.5 Å². The number of aromatic nitrogens is 1. The summed E-state index contributed by atoms with van der Waals surface area (Å²) in [7, 11) is 0. The van der Waals surface area contributed by atoms with Crippen LogP contribution in [0.15, 0.2) is 66.9 Å². The fourth-order valence-corrected chi connectivity index (χ4v) is 3.65. The van der Waals surface area contributed by atoms with Crippen LogP contribution in [-0.2, 0) is 4.74 Å². The summed E-state index contributed by atoms with van der Waals surface area (Å²) in [5.74, 6) is 0.196. The number of nitrogens with zero attached hydrogens (tertiary/aromatic N) is 2. The largest absolute Gasteiger partial charge is 0.394 e. The molecule has 31 heavy (non-hydrogen) atoms. The third-order valence-electron chi connectivity index (χ3n) is 5.43. The second-order valence-corrected chi connectivity index (χ2v) is 7.42. The van der Waals surface area contributed by atoms with Gasteiger partial charge in [-0.3, -0.25) is 4.79 Å². The molecule has 1 unspecified atom stereocenters. The molecule has 7 nitrogen and oxygen atoms in total. The fraction of sp³-hybridized carbons (Fsp3) is 0.250. The van der Waals surface area contributed by atoms with Crippen LogP contribution in [0.4, 0.5) is 11.5 Å². The second kappa shape index (κ2) is 9.59. The Morgan fingerprint density at radius 1 is 1.13 bits per heavy atom. The number of carbonyl (C=O) groups excluding carboxylic acids is 1. The van der Waals surface area contributed by atoms with Gasteiger partial charge in [0.15, 0.2) is 0 Å². The molecule has 1 saturated heterocycles. The van der Waals surface area contributed by atoms with E-state index >= 15 is 0 Å². The normalized spacial score (nSPS) is 14.8. The van der Waals surface area contributed by atoms with Gasteiger partial charge in [0.05, 0.1) is 37.7 Å². The number of pyridine rings is 1. The summed E-state index contributed by atoms with van der Waals surface area (Å²) in [6.07, 6.45) is 1.78. The number of nitrogen functional groups attached to an aromatic ring is 1. The number of hydrogen-bond acceptors (Lipinski definition) is 6. The molecule has 3 aromatic rings. The minimum absolute atomic E-state index is 0.176. The summed E-state index contributed by atoms with van der Waals surface area (Å²) < 4.78 is 5.42. The Hall–Kier alpha value is -3.42. The zero-order chi connectivity index (χ0) is 21.6. The molecule has 0 radical (unpaired) electrons. The summed E-state index contributed by atoms with van der Waals surface area (Å²) in [4.78, 5) is 19.3. The standard InChI is InChI=1S/C24H26N4O3/c25-23-21(14-20(15-26-23)28-10-12-31-13-11-28)17-6-8-19(9-7-17)24(30)27-22(16-29)18-4-2-1-3-5-18/h1-9,14-15,22,29H,10-13,16H2,(H2,25,26)(H,27,30). The molecule has 4 N–H and O–H groups in total. The number of nitrogens with one attached hydrogen (secondary N) is 1. The number of carbonyl (C=O) groups is 1. The number of amides is 1. The van der Waals surface area contributed by atoms with E-state index in [-0.39, 0.29) is 12.5 Å². The van der Waals surface area contributed by atoms with E-state index in [2.05, 4.69) is 15.2 Å². The summed E-state index contributed by atoms with van der Waals surface area (Å²) in [6.45, 7) is 2.85. The maximum atomic E-state index is 12.7. The van der Waals surface area contributed by atoms with Crippen LogP contribution < -0.4 is 16.0 Å². The number of ether oxygens (including phenoxy) is 1. The Kier molecular flexibility index (Phi) is 6.45. The van der Waals surface area contributed by atoms with E-state index in [9.17, 15) is 9.90 Å². The van der Waals surface area contributed by atoms with Crippen LogP contribution in [0.25, 0.3) is 11.1 Å². The van der Waals surface area contributed by atoms with Crippen molar-refractivity contribution in [2.45, 2.75) is 6.04 Å². The van der Waals surface area contributed by atoms with Crippen LogP contribution in [-0.4, -0.2) is 48.9 Å². The topological polar surface area (TPSA) is 101 Å². The molecule has 1 atom stereocenters. The van der Waals surface area contributed by atoms with Crippen molar-refractivity contribution < 1.29 is 14.6 Å². The van der Waals surface area contributed by atoms with Gasteiger partial charge in [-0.05, 0) is 29.3 Å². The predicted molar refractivity (Wildman–Crippen MR) is 121 cm³/mol. The minimum atomic E-state index is -0.460. The van der Waals surface area contributed by atoms with E-state index in [0.29, 0.717) is 24.6 Å². The average molecular weight is 418 g/mol. The SMILES string of the molecule is Nc1ncc(N2CCOCC2)cc1-c1ccc(C(=O)NC(CO)c2ccccc2)cc1. The molecule has 0 saturated carbocycles. The number of hydrogen-bond donors (Lipinski definition) is 3. The van der Waals surface area contributed by atoms with Crippen molar-refractivity contribution >= 4 is 17.4 Å². The number of anilines is 2. The summed E-state index contributed by atoms with van der Waals surface area (Å²) >= 11 is 0. The molecule has 2 aromatic carbocycles. The molecular weight excluding hydrogens is 392 g/mol. The van der Waals surface area contributed by atoms with E-state index in [1.807, 2.05) is 48.5 Å². The number of morpholine rings is 1. The summed E-state index contributed by atoms with van der Waals surface area (Å²) in [6, 6.07) is 18.2. The highest BCUT2D eigenvalue weighted by Gasteiger charge is 2.16. The molecule has 1 amide bonds. The molecule has 2 heterocycles. The van der Waals surface area contributed by atoms with Gasteiger partial charge in [-0.25, -0.2) is 4.98 Å². The molecule has 1 aliphatic heterocycles. The highest BCUT2D eigenvalue weighted by molar-refractivity contribution is 5.95. The van der Waals surface area contributed by atoms with E-state index < -0.39 is 6.04 Å². The van der Waals surface area contributed by atoms with Gasteiger partial charge in [0.25, 0.3) is 5.91 Å². The van der Waals surface area contributed by atoms with Crippen LogP contribution in [0.3, 0.4) is 0 Å². The lowest BCUT2D eigenvalue weighted by molar-refractivity contribution is 0.0916. The third-order valence-corrected chi connectivity index (χ3v) is 5.43. The Morgan fingerprint density at radius 3 is 2.52 bits per heavy atom. The van der Waals surface area contributed by atoms with Gasteiger partial charge >= 0.3 is 0 Å². The molecule has 1 aliphatic rings. The van der Waals surface area contributed by atoms with Gasteiger partial charge in [-0.2, -0.15) is 0 Å². The molecular formula is C24H26N4O3. The molecule has 0 spiro atoms. The van der Waals surface area contributed by atoms with Crippen molar-refractivity contribution in [3.63, 3.8) is 0 Å². The van der Waals surface area contributed by atoms with Crippen LogP contribution in [0, 0.1) is 0 Å². The Labute approximate surface area is 181 Å². The highest BCUT2D eigenvalue weighted by Crippen LogP contribution is 2.29.